The van der Waals surface area contributed by atoms with Crippen LogP contribution in [0.5, 0.6) is 0 Å². The van der Waals surface area contributed by atoms with Gasteiger partial charge < -0.3 is 9.73 Å². The molecule has 4 heteroatoms. The molecule has 0 spiro atoms. The van der Waals surface area contributed by atoms with E-state index < -0.39 is 0 Å². The van der Waals surface area contributed by atoms with E-state index in [1.807, 2.05) is 31.2 Å². The van der Waals surface area contributed by atoms with Crippen LogP contribution in [0.3, 0.4) is 0 Å². The van der Waals surface area contributed by atoms with Gasteiger partial charge in [0, 0.05) is 5.69 Å². The predicted molar refractivity (Wildman–Crippen MR) is 55.6 cm³/mol. The lowest BCUT2D eigenvalue weighted by atomic mass is 10.2. The van der Waals surface area contributed by atoms with Crippen molar-refractivity contribution in [3.63, 3.8) is 0 Å². The summed E-state index contributed by atoms with van der Waals surface area (Å²) in [5, 5.41) is 2.75. The van der Waals surface area contributed by atoms with Gasteiger partial charge in [0.15, 0.2) is 12.1 Å². The second-order valence-corrected chi connectivity index (χ2v) is 3.14. The standard InChI is InChI=1S/C11H10N2O2/c1-8-4-2-3-5-9(8)13-11(14)10-6-15-7-12-10/h2-7H,1H3,(H,13,14). The minimum atomic E-state index is -0.266. The van der Waals surface area contributed by atoms with Crippen LogP contribution < -0.4 is 5.32 Å². The number of carbonyl (C=O) groups excluding carboxylic acids is 1. The van der Waals surface area contributed by atoms with Crippen LogP contribution in [0.4, 0.5) is 5.69 Å². The Balaban J connectivity index is 2.17. The van der Waals surface area contributed by atoms with Crippen molar-refractivity contribution in [2.75, 3.05) is 5.32 Å². The maximum Gasteiger partial charge on any atom is 0.277 e. The van der Waals surface area contributed by atoms with Gasteiger partial charge in [0.1, 0.15) is 6.26 Å². The van der Waals surface area contributed by atoms with E-state index in [9.17, 15) is 4.79 Å². The molecule has 2 aromatic rings. The van der Waals surface area contributed by atoms with Crippen molar-refractivity contribution in [3.8, 4) is 0 Å². The number of oxazole rings is 1. The topological polar surface area (TPSA) is 55.1 Å². The first kappa shape index (κ1) is 9.45. The van der Waals surface area contributed by atoms with Crippen LogP contribution in [0, 0.1) is 6.92 Å². The predicted octanol–water partition coefficient (Wildman–Crippen LogP) is 2.24. The zero-order chi connectivity index (χ0) is 10.7. The number of hydrogen-bond acceptors (Lipinski definition) is 3. The number of aromatic nitrogens is 1. The van der Waals surface area contributed by atoms with Gasteiger partial charge in [-0.3, -0.25) is 4.79 Å². The molecule has 1 aromatic heterocycles. The highest BCUT2D eigenvalue weighted by Gasteiger charge is 2.09. The number of nitrogens with zero attached hydrogens (tertiary/aromatic N) is 1. The molecule has 0 saturated heterocycles. The summed E-state index contributed by atoms with van der Waals surface area (Å²) < 4.78 is 4.73. The second-order valence-electron chi connectivity index (χ2n) is 3.14. The van der Waals surface area contributed by atoms with E-state index in [0.717, 1.165) is 11.3 Å². The SMILES string of the molecule is Cc1ccccc1NC(=O)c1cocn1. The van der Waals surface area contributed by atoms with Crippen molar-refractivity contribution >= 4 is 11.6 Å². The van der Waals surface area contributed by atoms with E-state index in [1.54, 1.807) is 0 Å². The molecule has 0 aliphatic rings. The number of amides is 1. The molecule has 76 valence electrons. The highest BCUT2D eigenvalue weighted by Crippen LogP contribution is 2.13. The van der Waals surface area contributed by atoms with Crippen molar-refractivity contribution in [2.45, 2.75) is 6.92 Å². The third-order valence-electron chi connectivity index (χ3n) is 2.06. The van der Waals surface area contributed by atoms with Crippen molar-refractivity contribution in [2.24, 2.45) is 0 Å². The van der Waals surface area contributed by atoms with E-state index in [0.29, 0.717) is 0 Å². The Morgan fingerprint density at radius 2 is 2.20 bits per heavy atom. The molecule has 0 atom stereocenters. The van der Waals surface area contributed by atoms with E-state index in [4.69, 9.17) is 4.42 Å². The first-order valence-electron chi connectivity index (χ1n) is 4.52. The molecule has 0 aliphatic carbocycles. The smallest absolute Gasteiger partial charge is 0.277 e. The number of hydrogen-bond donors (Lipinski definition) is 1. The summed E-state index contributed by atoms with van der Waals surface area (Å²) in [5.41, 5.74) is 2.07. The van der Waals surface area contributed by atoms with E-state index >= 15 is 0 Å². The molecule has 1 heterocycles. The van der Waals surface area contributed by atoms with Gasteiger partial charge in [0.05, 0.1) is 0 Å². The molecule has 2 rings (SSSR count). The van der Waals surface area contributed by atoms with Crippen molar-refractivity contribution in [1.82, 2.24) is 4.98 Å². The van der Waals surface area contributed by atoms with Gasteiger partial charge in [-0.05, 0) is 18.6 Å². The quantitative estimate of drug-likeness (QED) is 0.812. The third kappa shape index (κ3) is 2.04. The van der Waals surface area contributed by atoms with Crippen LogP contribution in [-0.4, -0.2) is 10.9 Å². The molecule has 0 saturated carbocycles. The molecular weight excluding hydrogens is 192 g/mol. The number of nitrogens with one attached hydrogen (secondary N) is 1. The fourth-order valence-corrected chi connectivity index (χ4v) is 1.22. The Labute approximate surface area is 86.9 Å². The van der Waals surface area contributed by atoms with Gasteiger partial charge >= 0.3 is 0 Å². The summed E-state index contributed by atoms with van der Waals surface area (Å²) in [6.45, 7) is 1.93. The number of rotatable bonds is 2. The number of para-hydroxylation sites is 1. The van der Waals surface area contributed by atoms with Gasteiger partial charge in [-0.25, -0.2) is 4.98 Å². The minimum absolute atomic E-state index is 0.266. The Kier molecular flexibility index (Phi) is 2.49. The third-order valence-corrected chi connectivity index (χ3v) is 2.06. The van der Waals surface area contributed by atoms with Crippen LogP contribution in [-0.2, 0) is 0 Å². The summed E-state index contributed by atoms with van der Waals surface area (Å²) >= 11 is 0. The van der Waals surface area contributed by atoms with Gasteiger partial charge in [-0.1, -0.05) is 18.2 Å². The molecule has 1 N–H and O–H groups in total. The summed E-state index contributed by atoms with van der Waals surface area (Å²) in [5.74, 6) is -0.266. The average molecular weight is 202 g/mol. The van der Waals surface area contributed by atoms with Crippen LogP contribution in [0.15, 0.2) is 41.3 Å². The normalized spacial score (nSPS) is 9.93. The monoisotopic (exact) mass is 202 g/mol. The molecule has 1 aromatic carbocycles. The Bertz CT molecular complexity index is 463. The van der Waals surface area contributed by atoms with Gasteiger partial charge in [-0.15, -0.1) is 0 Å². The molecular formula is C11H10N2O2. The highest BCUT2D eigenvalue weighted by atomic mass is 16.3. The van der Waals surface area contributed by atoms with Crippen LogP contribution in [0.1, 0.15) is 16.1 Å². The summed E-state index contributed by atoms with van der Waals surface area (Å²) in [4.78, 5) is 15.4. The van der Waals surface area contributed by atoms with E-state index in [-0.39, 0.29) is 11.6 Å². The summed E-state index contributed by atoms with van der Waals surface area (Å²) in [6.07, 6.45) is 2.54. The molecule has 15 heavy (non-hydrogen) atoms. The van der Waals surface area contributed by atoms with E-state index in [2.05, 4.69) is 10.3 Å². The lowest BCUT2D eigenvalue weighted by Gasteiger charge is -2.05. The molecule has 1 amide bonds. The summed E-state index contributed by atoms with van der Waals surface area (Å²) in [7, 11) is 0. The highest BCUT2D eigenvalue weighted by molar-refractivity contribution is 6.02. The Morgan fingerprint density at radius 3 is 2.87 bits per heavy atom. The van der Waals surface area contributed by atoms with Gasteiger partial charge in [0.25, 0.3) is 5.91 Å². The fourth-order valence-electron chi connectivity index (χ4n) is 1.22. The molecule has 4 nitrogen and oxygen atoms in total. The van der Waals surface area contributed by atoms with Gasteiger partial charge in [-0.2, -0.15) is 0 Å². The fraction of sp³-hybridized carbons (Fsp3) is 0.0909. The number of aryl methyl sites for hydroxylation is 1. The Hall–Kier alpha value is -2.10. The summed E-state index contributed by atoms with van der Waals surface area (Å²) in [6, 6.07) is 7.55. The van der Waals surface area contributed by atoms with Gasteiger partial charge in [0.2, 0.25) is 0 Å². The lowest BCUT2D eigenvalue weighted by Crippen LogP contribution is -2.12. The first-order chi connectivity index (χ1) is 7.27. The number of carbonyl (C=O) groups is 1. The molecule has 0 bridgehead atoms. The zero-order valence-corrected chi connectivity index (χ0v) is 8.23. The second kappa shape index (κ2) is 3.96. The average Bonchev–Trinajstić information content (AvgIpc) is 2.74. The van der Waals surface area contributed by atoms with Crippen LogP contribution in [0.25, 0.3) is 0 Å². The Morgan fingerprint density at radius 1 is 1.40 bits per heavy atom. The first-order valence-corrected chi connectivity index (χ1v) is 4.52. The van der Waals surface area contributed by atoms with E-state index in [1.165, 1.54) is 12.7 Å². The molecule has 0 unspecified atom stereocenters. The van der Waals surface area contributed by atoms with Crippen molar-refractivity contribution in [1.29, 1.82) is 0 Å². The van der Waals surface area contributed by atoms with Crippen molar-refractivity contribution < 1.29 is 9.21 Å². The maximum absolute atomic E-state index is 11.6. The molecule has 0 radical (unpaired) electrons. The molecule has 0 fully saturated rings. The minimum Gasteiger partial charge on any atom is -0.451 e. The molecule has 0 aliphatic heterocycles. The largest absolute Gasteiger partial charge is 0.451 e. The van der Waals surface area contributed by atoms with Crippen LogP contribution >= 0.6 is 0 Å². The maximum atomic E-state index is 11.6. The zero-order valence-electron chi connectivity index (χ0n) is 8.23. The van der Waals surface area contributed by atoms with Crippen molar-refractivity contribution in [3.05, 3.63) is 48.2 Å². The lowest BCUT2D eigenvalue weighted by molar-refractivity contribution is 0.102. The number of anilines is 1. The number of benzene rings is 1. The van der Waals surface area contributed by atoms with Crippen LogP contribution in [0.2, 0.25) is 0 Å².